The van der Waals surface area contributed by atoms with Crippen molar-refractivity contribution in [3.05, 3.63) is 84.1 Å². The molecule has 0 fully saturated rings. The zero-order valence-electron chi connectivity index (χ0n) is 17.4. The van der Waals surface area contributed by atoms with E-state index in [0.29, 0.717) is 6.54 Å². The lowest BCUT2D eigenvalue weighted by Gasteiger charge is -2.07. The molecule has 0 radical (unpaired) electrons. The van der Waals surface area contributed by atoms with Crippen molar-refractivity contribution in [3.8, 4) is 0 Å². The van der Waals surface area contributed by atoms with Crippen molar-refractivity contribution in [1.82, 2.24) is 24.8 Å². The molecule has 0 aliphatic heterocycles. The Labute approximate surface area is 179 Å². The van der Waals surface area contributed by atoms with E-state index in [4.69, 9.17) is 4.98 Å². The van der Waals surface area contributed by atoms with Gasteiger partial charge in [0.1, 0.15) is 11.2 Å². The van der Waals surface area contributed by atoms with Crippen LogP contribution in [0.25, 0.3) is 27.6 Å². The van der Waals surface area contributed by atoms with Crippen molar-refractivity contribution in [2.45, 2.75) is 13.5 Å². The SMILES string of the molecule is C=N/C(=C\C=C(/C)c1ccc2ncn(Cc3ccc4ncccc4c3)c2n1)C(=O)NC. The largest absolute Gasteiger partial charge is 0.354 e. The second-order valence-electron chi connectivity index (χ2n) is 7.08. The van der Waals surface area contributed by atoms with Gasteiger partial charge < -0.3 is 9.88 Å². The van der Waals surface area contributed by atoms with Crippen LogP contribution in [0.2, 0.25) is 0 Å². The van der Waals surface area contributed by atoms with Crippen LogP contribution in [0.1, 0.15) is 18.2 Å². The number of pyridine rings is 2. The Morgan fingerprint density at radius 3 is 2.81 bits per heavy atom. The van der Waals surface area contributed by atoms with Crippen LogP contribution >= 0.6 is 0 Å². The standard InChI is InChI=1S/C24H22N6O/c1-16(6-8-22(25-2)24(31)26-3)19-10-11-21-23(29-19)30(15-28-21)14-17-7-9-20-18(13-17)5-4-12-27-20/h4-13,15H,2,14H2,1,3H3,(H,26,31)/b16-6+,22-8-. The van der Waals surface area contributed by atoms with Gasteiger partial charge in [-0.1, -0.05) is 18.2 Å². The molecule has 1 amide bonds. The quantitative estimate of drug-likeness (QED) is 0.298. The van der Waals surface area contributed by atoms with E-state index >= 15 is 0 Å². The summed E-state index contributed by atoms with van der Waals surface area (Å²) in [5.74, 6) is -0.286. The topological polar surface area (TPSA) is 85.1 Å². The fourth-order valence-electron chi connectivity index (χ4n) is 3.31. The van der Waals surface area contributed by atoms with Crippen LogP contribution in [0, 0.1) is 0 Å². The summed E-state index contributed by atoms with van der Waals surface area (Å²) in [7, 11) is 1.56. The van der Waals surface area contributed by atoms with Crippen LogP contribution in [0.4, 0.5) is 0 Å². The Balaban J connectivity index is 1.65. The van der Waals surface area contributed by atoms with Gasteiger partial charge in [-0.2, -0.15) is 0 Å². The number of likely N-dealkylation sites (N-methyl/N-ethyl adjacent to an activating group) is 1. The number of aromatic nitrogens is 4. The molecule has 3 aromatic heterocycles. The van der Waals surface area contributed by atoms with Gasteiger partial charge in [-0.15, -0.1) is 0 Å². The summed E-state index contributed by atoms with van der Waals surface area (Å²) in [5.41, 5.74) is 5.70. The first kappa shape index (κ1) is 20.2. The molecule has 4 rings (SSSR count). The normalized spacial score (nSPS) is 12.3. The maximum atomic E-state index is 11.8. The second-order valence-corrected chi connectivity index (χ2v) is 7.08. The molecule has 154 valence electrons. The van der Waals surface area contributed by atoms with Gasteiger partial charge in [-0.05, 0) is 61.2 Å². The molecule has 0 spiro atoms. The van der Waals surface area contributed by atoms with Crippen LogP contribution in [0.5, 0.6) is 0 Å². The Morgan fingerprint density at radius 2 is 2.00 bits per heavy atom. The number of hydrogen-bond donors (Lipinski definition) is 1. The van der Waals surface area contributed by atoms with Crippen molar-refractivity contribution in [3.63, 3.8) is 0 Å². The van der Waals surface area contributed by atoms with Gasteiger partial charge >= 0.3 is 0 Å². The van der Waals surface area contributed by atoms with E-state index in [2.05, 4.69) is 45.2 Å². The molecule has 31 heavy (non-hydrogen) atoms. The number of fused-ring (bicyclic) bond motifs is 2. The summed E-state index contributed by atoms with van der Waals surface area (Å²) in [6.07, 6.45) is 7.04. The van der Waals surface area contributed by atoms with E-state index in [9.17, 15) is 4.79 Å². The molecular weight excluding hydrogens is 388 g/mol. The number of hydrogen-bond acceptors (Lipinski definition) is 5. The molecule has 1 aromatic carbocycles. The predicted molar refractivity (Wildman–Crippen MR) is 124 cm³/mol. The third-order valence-corrected chi connectivity index (χ3v) is 5.01. The number of nitrogens with zero attached hydrogens (tertiary/aromatic N) is 5. The van der Waals surface area contributed by atoms with E-state index in [0.717, 1.165) is 38.9 Å². The Hall–Kier alpha value is -4.13. The van der Waals surface area contributed by atoms with Gasteiger partial charge in [-0.3, -0.25) is 14.8 Å². The molecule has 0 aliphatic carbocycles. The summed E-state index contributed by atoms with van der Waals surface area (Å²) in [4.78, 5) is 29.2. The maximum Gasteiger partial charge on any atom is 0.269 e. The van der Waals surface area contributed by atoms with Crippen LogP contribution < -0.4 is 5.32 Å². The highest BCUT2D eigenvalue weighted by Crippen LogP contribution is 2.20. The molecule has 0 aliphatic rings. The Kier molecular flexibility index (Phi) is 5.66. The average Bonchev–Trinajstić information content (AvgIpc) is 3.20. The summed E-state index contributed by atoms with van der Waals surface area (Å²) in [5, 5.41) is 3.64. The number of benzene rings is 1. The fourth-order valence-corrected chi connectivity index (χ4v) is 3.31. The zero-order valence-corrected chi connectivity index (χ0v) is 17.4. The first-order valence-corrected chi connectivity index (χ1v) is 9.82. The minimum atomic E-state index is -0.286. The molecule has 0 saturated carbocycles. The van der Waals surface area contributed by atoms with E-state index in [1.807, 2.05) is 41.8 Å². The first-order chi connectivity index (χ1) is 15.1. The molecule has 0 bridgehead atoms. The first-order valence-electron chi connectivity index (χ1n) is 9.82. The summed E-state index contributed by atoms with van der Waals surface area (Å²) in [6, 6.07) is 14.1. The van der Waals surface area contributed by atoms with Gasteiger partial charge in [0, 0.05) is 18.6 Å². The van der Waals surface area contributed by atoms with E-state index in [1.54, 1.807) is 25.6 Å². The smallest absolute Gasteiger partial charge is 0.269 e. The number of aliphatic imine (C=N–C) groups is 1. The minimum Gasteiger partial charge on any atom is -0.354 e. The maximum absolute atomic E-state index is 11.8. The summed E-state index contributed by atoms with van der Waals surface area (Å²) < 4.78 is 2.03. The lowest BCUT2D eigenvalue weighted by Crippen LogP contribution is -2.18. The zero-order chi connectivity index (χ0) is 21.8. The van der Waals surface area contributed by atoms with Gasteiger partial charge in [0.05, 0.1) is 24.1 Å². The number of rotatable bonds is 6. The fraction of sp³-hybridized carbons (Fsp3) is 0.125. The van der Waals surface area contributed by atoms with Crippen molar-refractivity contribution < 1.29 is 4.79 Å². The number of allylic oxidation sites excluding steroid dienone is 3. The number of imidazole rings is 1. The molecule has 0 unspecified atom stereocenters. The highest BCUT2D eigenvalue weighted by atomic mass is 16.1. The van der Waals surface area contributed by atoms with E-state index in [1.165, 1.54) is 0 Å². The van der Waals surface area contributed by atoms with Crippen LogP contribution in [0.15, 0.2) is 77.8 Å². The minimum absolute atomic E-state index is 0.249. The summed E-state index contributed by atoms with van der Waals surface area (Å²) >= 11 is 0. The predicted octanol–water partition coefficient (Wildman–Crippen LogP) is 3.76. The van der Waals surface area contributed by atoms with Gasteiger partial charge in [0.2, 0.25) is 0 Å². The number of carbonyl (C=O) groups excluding carboxylic acids is 1. The van der Waals surface area contributed by atoms with Crippen molar-refractivity contribution >= 4 is 40.3 Å². The highest BCUT2D eigenvalue weighted by molar-refractivity contribution is 5.94. The van der Waals surface area contributed by atoms with Crippen LogP contribution in [-0.4, -0.2) is 39.2 Å². The number of carbonyl (C=O) groups is 1. The number of amides is 1. The van der Waals surface area contributed by atoms with Crippen LogP contribution in [0.3, 0.4) is 0 Å². The van der Waals surface area contributed by atoms with E-state index < -0.39 is 0 Å². The lowest BCUT2D eigenvalue weighted by molar-refractivity contribution is -0.117. The third-order valence-electron chi connectivity index (χ3n) is 5.01. The summed E-state index contributed by atoms with van der Waals surface area (Å²) in [6.45, 7) is 6.04. The van der Waals surface area contributed by atoms with Gasteiger partial charge in [0.25, 0.3) is 5.91 Å². The molecule has 0 saturated heterocycles. The molecule has 1 N–H and O–H groups in total. The molecule has 7 nitrogen and oxygen atoms in total. The molecule has 4 aromatic rings. The van der Waals surface area contributed by atoms with Crippen molar-refractivity contribution in [2.75, 3.05) is 7.05 Å². The van der Waals surface area contributed by atoms with Gasteiger partial charge in [0.15, 0.2) is 5.65 Å². The van der Waals surface area contributed by atoms with E-state index in [-0.39, 0.29) is 11.6 Å². The Morgan fingerprint density at radius 1 is 1.16 bits per heavy atom. The molecule has 7 heteroatoms. The molecule has 3 heterocycles. The van der Waals surface area contributed by atoms with Crippen molar-refractivity contribution in [2.24, 2.45) is 4.99 Å². The Bertz CT molecular complexity index is 1350. The average molecular weight is 410 g/mol. The highest BCUT2D eigenvalue weighted by Gasteiger charge is 2.08. The monoisotopic (exact) mass is 410 g/mol. The van der Waals surface area contributed by atoms with Gasteiger partial charge in [-0.25, -0.2) is 9.97 Å². The third kappa shape index (κ3) is 4.25. The molecular formula is C24H22N6O. The number of nitrogens with one attached hydrogen (secondary N) is 1. The lowest BCUT2D eigenvalue weighted by atomic mass is 10.1. The molecule has 0 atom stereocenters. The van der Waals surface area contributed by atoms with Crippen molar-refractivity contribution in [1.29, 1.82) is 0 Å². The van der Waals surface area contributed by atoms with Crippen LogP contribution in [-0.2, 0) is 11.3 Å². The second kappa shape index (κ2) is 8.71.